The van der Waals surface area contributed by atoms with Gasteiger partial charge in [0.1, 0.15) is 0 Å². The average molecular weight is 360 g/mol. The maximum Gasteiger partial charge on any atom is 0.251 e. The number of hydrogen-bond donors (Lipinski definition) is 1. The largest absolute Gasteiger partial charge is 0.349 e. The highest BCUT2D eigenvalue weighted by atomic mass is 16.2. The molecule has 1 unspecified atom stereocenters. The van der Waals surface area contributed by atoms with E-state index in [4.69, 9.17) is 0 Å². The van der Waals surface area contributed by atoms with E-state index in [0.717, 1.165) is 16.7 Å². The van der Waals surface area contributed by atoms with Gasteiger partial charge in [-0.1, -0.05) is 54.6 Å². The van der Waals surface area contributed by atoms with Gasteiger partial charge in [0.15, 0.2) is 5.54 Å². The van der Waals surface area contributed by atoms with Crippen molar-refractivity contribution in [1.82, 2.24) is 10.2 Å². The summed E-state index contributed by atoms with van der Waals surface area (Å²) in [6.45, 7) is 6.36. The Kier molecular flexibility index (Phi) is 3.95. The second-order valence-electron chi connectivity index (χ2n) is 8.37. The van der Waals surface area contributed by atoms with Crippen LogP contribution in [-0.2, 0) is 21.7 Å². The number of nitrogens with one attached hydrogen (secondary N) is 1. The number of benzene rings is 2. The normalized spacial score (nSPS) is 22.7. The molecule has 1 N–H and O–H groups in total. The molecule has 4 rings (SSSR count). The van der Waals surface area contributed by atoms with E-state index in [9.17, 15) is 9.59 Å². The molecule has 0 aliphatic carbocycles. The number of carbonyl (C=O) groups is 2. The highest BCUT2D eigenvalue weighted by Gasteiger charge is 2.59. The quantitative estimate of drug-likeness (QED) is 0.832. The van der Waals surface area contributed by atoms with Crippen molar-refractivity contribution in [3.63, 3.8) is 0 Å². The molecule has 1 saturated heterocycles. The molecular formula is C23H24N2O2. The number of nitrogens with zero attached hydrogens (tertiary/aromatic N) is 1. The molecule has 4 heteroatoms. The van der Waals surface area contributed by atoms with Gasteiger partial charge in [0.2, 0.25) is 0 Å². The molecule has 2 heterocycles. The molecule has 2 aliphatic heterocycles. The Bertz CT molecular complexity index is 940. The van der Waals surface area contributed by atoms with Crippen molar-refractivity contribution in [2.45, 2.75) is 44.8 Å². The first-order valence-corrected chi connectivity index (χ1v) is 9.30. The van der Waals surface area contributed by atoms with Crippen LogP contribution in [0.1, 0.15) is 43.9 Å². The van der Waals surface area contributed by atoms with Gasteiger partial charge in [0.25, 0.3) is 11.8 Å². The van der Waals surface area contributed by atoms with Crippen LogP contribution >= 0.6 is 0 Å². The molecule has 0 aromatic heterocycles. The minimum Gasteiger partial charge on any atom is -0.349 e. The summed E-state index contributed by atoms with van der Waals surface area (Å²) in [5.74, 6) is -0.163. The highest BCUT2D eigenvalue weighted by molar-refractivity contribution is 6.08. The van der Waals surface area contributed by atoms with Crippen LogP contribution in [0.3, 0.4) is 0 Å². The average Bonchev–Trinajstić information content (AvgIpc) is 3.08. The predicted octanol–water partition coefficient (Wildman–Crippen LogP) is 3.63. The zero-order valence-electron chi connectivity index (χ0n) is 16.0. The van der Waals surface area contributed by atoms with E-state index in [2.05, 4.69) is 5.32 Å². The van der Waals surface area contributed by atoms with Gasteiger partial charge in [-0.05, 0) is 43.5 Å². The number of fused-ring (bicyclic) bond motifs is 3. The van der Waals surface area contributed by atoms with E-state index < -0.39 is 5.54 Å². The zero-order chi connectivity index (χ0) is 19.2. The van der Waals surface area contributed by atoms with Crippen molar-refractivity contribution in [3.05, 3.63) is 76.9 Å². The number of rotatable bonds is 2. The van der Waals surface area contributed by atoms with Crippen LogP contribution in [0.5, 0.6) is 0 Å². The van der Waals surface area contributed by atoms with Crippen LogP contribution in [-0.4, -0.2) is 22.3 Å². The second kappa shape index (κ2) is 6.08. The molecule has 2 amide bonds. The molecule has 1 fully saturated rings. The van der Waals surface area contributed by atoms with Gasteiger partial charge >= 0.3 is 0 Å². The molecule has 4 nitrogen and oxygen atoms in total. The fraction of sp³-hybridized carbons (Fsp3) is 0.304. The Hall–Kier alpha value is -2.88. The maximum atomic E-state index is 13.4. The fourth-order valence-corrected chi connectivity index (χ4v) is 4.11. The molecule has 0 spiro atoms. The zero-order valence-corrected chi connectivity index (χ0v) is 16.0. The lowest BCUT2D eigenvalue weighted by Crippen LogP contribution is -2.55. The Labute approximate surface area is 159 Å². The Morgan fingerprint density at radius 1 is 1.07 bits per heavy atom. The third-order valence-corrected chi connectivity index (χ3v) is 5.22. The summed E-state index contributed by atoms with van der Waals surface area (Å²) in [5.41, 5.74) is 2.32. The number of hydrogen-bond acceptors (Lipinski definition) is 2. The van der Waals surface area contributed by atoms with Gasteiger partial charge in [0.05, 0.1) is 0 Å². The Morgan fingerprint density at radius 3 is 2.44 bits per heavy atom. The summed E-state index contributed by atoms with van der Waals surface area (Å²) in [6, 6.07) is 17.7. The van der Waals surface area contributed by atoms with Crippen molar-refractivity contribution < 1.29 is 9.59 Å². The lowest BCUT2D eigenvalue weighted by molar-refractivity contribution is -0.141. The van der Waals surface area contributed by atoms with Crippen LogP contribution in [0, 0.1) is 0 Å². The van der Waals surface area contributed by atoms with Gasteiger partial charge in [-0.25, -0.2) is 0 Å². The summed E-state index contributed by atoms with van der Waals surface area (Å²) in [6.07, 6.45) is 2.30. The molecule has 0 bridgehead atoms. The van der Waals surface area contributed by atoms with Gasteiger partial charge in [-0.3, -0.25) is 9.59 Å². The summed E-state index contributed by atoms with van der Waals surface area (Å²) in [7, 11) is 0. The topological polar surface area (TPSA) is 49.4 Å². The van der Waals surface area contributed by atoms with Crippen molar-refractivity contribution >= 4 is 17.9 Å². The summed E-state index contributed by atoms with van der Waals surface area (Å²) in [4.78, 5) is 28.4. The first-order valence-electron chi connectivity index (χ1n) is 9.30. The van der Waals surface area contributed by atoms with Crippen molar-refractivity contribution in [2.75, 3.05) is 0 Å². The van der Waals surface area contributed by atoms with Crippen molar-refractivity contribution in [3.8, 4) is 0 Å². The molecule has 27 heavy (non-hydrogen) atoms. The first kappa shape index (κ1) is 17.5. The summed E-state index contributed by atoms with van der Waals surface area (Å²) in [5, 5.41) is 3.11. The third-order valence-electron chi connectivity index (χ3n) is 5.22. The molecule has 2 aliphatic rings. The molecule has 0 radical (unpaired) electrons. The number of carbonyl (C=O) groups excluding carboxylic acids is 2. The van der Waals surface area contributed by atoms with E-state index >= 15 is 0 Å². The fourth-order valence-electron chi connectivity index (χ4n) is 4.11. The van der Waals surface area contributed by atoms with Gasteiger partial charge in [-0.2, -0.15) is 0 Å². The number of amides is 2. The minimum atomic E-state index is -0.957. The minimum absolute atomic E-state index is 0.0564. The predicted molar refractivity (Wildman–Crippen MR) is 106 cm³/mol. The van der Waals surface area contributed by atoms with E-state index in [0.29, 0.717) is 18.5 Å². The highest BCUT2D eigenvalue weighted by Crippen LogP contribution is 2.49. The van der Waals surface area contributed by atoms with Gasteiger partial charge in [-0.15, -0.1) is 0 Å². The first-order chi connectivity index (χ1) is 12.8. The molecular weight excluding hydrogens is 336 g/mol. The molecule has 1 atom stereocenters. The van der Waals surface area contributed by atoms with Crippen LogP contribution < -0.4 is 5.32 Å². The van der Waals surface area contributed by atoms with Gasteiger partial charge < -0.3 is 10.2 Å². The van der Waals surface area contributed by atoms with E-state index in [1.807, 2.05) is 81.4 Å². The maximum absolute atomic E-state index is 13.4. The Morgan fingerprint density at radius 2 is 1.74 bits per heavy atom. The van der Waals surface area contributed by atoms with Crippen LogP contribution in [0.2, 0.25) is 0 Å². The van der Waals surface area contributed by atoms with Crippen LogP contribution in [0.4, 0.5) is 0 Å². The summed E-state index contributed by atoms with van der Waals surface area (Å²) < 4.78 is 0. The molecule has 138 valence electrons. The van der Waals surface area contributed by atoms with Crippen LogP contribution in [0.25, 0.3) is 6.08 Å². The molecule has 0 saturated carbocycles. The van der Waals surface area contributed by atoms with E-state index in [1.165, 1.54) is 0 Å². The Balaban J connectivity index is 1.82. The van der Waals surface area contributed by atoms with Crippen molar-refractivity contribution in [2.24, 2.45) is 0 Å². The van der Waals surface area contributed by atoms with Gasteiger partial charge in [0, 0.05) is 24.1 Å². The van der Waals surface area contributed by atoms with E-state index in [-0.39, 0.29) is 17.4 Å². The van der Waals surface area contributed by atoms with E-state index in [1.54, 1.807) is 4.90 Å². The lowest BCUT2D eigenvalue weighted by atomic mass is 9.84. The lowest BCUT2D eigenvalue weighted by Gasteiger charge is -2.34. The molecule has 2 aromatic rings. The van der Waals surface area contributed by atoms with Crippen molar-refractivity contribution in [1.29, 1.82) is 0 Å². The van der Waals surface area contributed by atoms with Crippen LogP contribution in [0.15, 0.2) is 60.2 Å². The summed E-state index contributed by atoms with van der Waals surface area (Å²) >= 11 is 0. The standard InChI is InChI=1S/C23H24N2O2/c1-22(2,3)24-21(27)23-14-18(13-16-9-5-4-6-10-16)20(26)25(23)15-17-11-7-8-12-19(17)23/h4-13H,14-15H2,1-3H3,(H,24,27)/b18-13-. The molecule has 2 aromatic carbocycles. The second-order valence-corrected chi connectivity index (χ2v) is 8.37. The smallest absolute Gasteiger partial charge is 0.251 e. The third kappa shape index (κ3) is 2.85. The monoisotopic (exact) mass is 360 g/mol. The SMILES string of the molecule is CC(C)(C)NC(=O)C12C/C(=C/c3ccccc3)C(=O)N1Cc1ccccc12.